The highest BCUT2D eigenvalue weighted by Gasteiger charge is 2.33. The van der Waals surface area contributed by atoms with Crippen molar-refractivity contribution in [3.05, 3.63) is 29.8 Å². The molecule has 0 aromatic heterocycles. The quantitative estimate of drug-likeness (QED) is 0.839. The van der Waals surface area contributed by atoms with Gasteiger partial charge in [-0.2, -0.15) is 4.99 Å². The Bertz CT molecular complexity index is 796. The van der Waals surface area contributed by atoms with Crippen molar-refractivity contribution in [2.24, 2.45) is 4.99 Å². The lowest BCUT2D eigenvalue weighted by molar-refractivity contribution is -0.121. The highest BCUT2D eigenvalue weighted by molar-refractivity contribution is 8.15. The maximum atomic E-state index is 12.4. The van der Waals surface area contributed by atoms with Gasteiger partial charge in [-0.05, 0) is 49.9 Å². The smallest absolute Gasteiger partial charge is 0.262 e. The summed E-state index contributed by atoms with van der Waals surface area (Å²) in [5.74, 6) is -0.411. The summed E-state index contributed by atoms with van der Waals surface area (Å²) in [6.07, 6.45) is 4.45. The molecule has 0 aliphatic carbocycles. The molecular formula is C20H24N4O3S. The third-order valence-electron chi connectivity index (χ3n) is 5.29. The van der Waals surface area contributed by atoms with Crippen molar-refractivity contribution in [3.63, 3.8) is 0 Å². The molecular weight excluding hydrogens is 376 g/mol. The fraction of sp³-hybridized carbons (Fsp3) is 0.500. The molecule has 7 nitrogen and oxygen atoms in total. The molecule has 1 N–H and O–H groups in total. The van der Waals surface area contributed by atoms with Crippen molar-refractivity contribution >= 4 is 40.3 Å². The molecule has 3 aliphatic heterocycles. The summed E-state index contributed by atoms with van der Waals surface area (Å²) in [5, 5.41) is 3.12. The van der Waals surface area contributed by atoms with Crippen LogP contribution in [0.2, 0.25) is 0 Å². The number of anilines is 1. The fourth-order valence-corrected chi connectivity index (χ4v) is 4.85. The van der Waals surface area contributed by atoms with Crippen LogP contribution in [0, 0.1) is 0 Å². The van der Waals surface area contributed by atoms with Crippen LogP contribution < -0.4 is 5.32 Å². The molecule has 8 heteroatoms. The van der Waals surface area contributed by atoms with E-state index in [0.29, 0.717) is 11.3 Å². The minimum atomic E-state index is -0.452. The first-order valence-corrected chi connectivity index (χ1v) is 10.7. The van der Waals surface area contributed by atoms with E-state index in [-0.39, 0.29) is 24.1 Å². The largest absolute Gasteiger partial charge is 0.351 e. The van der Waals surface area contributed by atoms with Gasteiger partial charge < -0.3 is 15.1 Å². The standard InChI is InChI=1S/C20H24N4O3S/c25-17(13-16-18(26)22-20(28-16)24-11-3-4-12-24)21-15-7-5-14(6-8-15)19(27)23-9-1-2-10-23/h5-8,16H,1-4,9-13H2,(H,21,25). The Morgan fingerprint density at radius 1 is 1.04 bits per heavy atom. The molecule has 0 radical (unpaired) electrons. The highest BCUT2D eigenvalue weighted by atomic mass is 32.2. The van der Waals surface area contributed by atoms with Crippen LogP contribution >= 0.6 is 11.8 Å². The number of rotatable bonds is 4. The molecule has 3 amide bonds. The number of amides is 3. The van der Waals surface area contributed by atoms with Crippen molar-refractivity contribution in [2.45, 2.75) is 37.4 Å². The Kier molecular flexibility index (Phi) is 5.66. The maximum absolute atomic E-state index is 12.4. The van der Waals surface area contributed by atoms with E-state index < -0.39 is 5.25 Å². The minimum Gasteiger partial charge on any atom is -0.351 e. The van der Waals surface area contributed by atoms with Gasteiger partial charge in [0.15, 0.2) is 5.17 Å². The molecule has 0 bridgehead atoms. The van der Waals surface area contributed by atoms with Gasteiger partial charge in [0.05, 0.1) is 0 Å². The summed E-state index contributed by atoms with van der Waals surface area (Å²) < 4.78 is 0. The van der Waals surface area contributed by atoms with Crippen LogP contribution in [0.25, 0.3) is 0 Å². The van der Waals surface area contributed by atoms with Gasteiger partial charge in [-0.3, -0.25) is 14.4 Å². The number of nitrogens with zero attached hydrogens (tertiary/aromatic N) is 3. The Labute approximate surface area is 168 Å². The lowest BCUT2D eigenvalue weighted by Crippen LogP contribution is -2.27. The highest BCUT2D eigenvalue weighted by Crippen LogP contribution is 2.29. The van der Waals surface area contributed by atoms with Crippen LogP contribution in [-0.2, 0) is 9.59 Å². The molecule has 0 spiro atoms. The molecule has 4 rings (SSSR count). The van der Waals surface area contributed by atoms with E-state index in [0.717, 1.165) is 57.0 Å². The van der Waals surface area contributed by atoms with E-state index in [2.05, 4.69) is 15.2 Å². The second-order valence-corrected chi connectivity index (χ2v) is 8.53. The van der Waals surface area contributed by atoms with Gasteiger partial charge >= 0.3 is 0 Å². The van der Waals surface area contributed by atoms with E-state index >= 15 is 0 Å². The molecule has 1 aromatic rings. The van der Waals surface area contributed by atoms with Crippen molar-refractivity contribution in [1.82, 2.24) is 9.80 Å². The third-order valence-corrected chi connectivity index (χ3v) is 6.50. The van der Waals surface area contributed by atoms with Gasteiger partial charge in [-0.25, -0.2) is 0 Å². The summed E-state index contributed by atoms with van der Waals surface area (Å²) in [6.45, 7) is 3.48. The van der Waals surface area contributed by atoms with E-state index in [1.165, 1.54) is 11.8 Å². The second-order valence-electron chi connectivity index (χ2n) is 7.36. The first-order valence-electron chi connectivity index (χ1n) is 9.83. The Balaban J connectivity index is 1.29. The number of amidine groups is 1. The van der Waals surface area contributed by atoms with Crippen LogP contribution in [0.1, 0.15) is 42.5 Å². The van der Waals surface area contributed by atoms with Crippen molar-refractivity contribution in [3.8, 4) is 0 Å². The maximum Gasteiger partial charge on any atom is 0.262 e. The Morgan fingerprint density at radius 2 is 1.68 bits per heavy atom. The van der Waals surface area contributed by atoms with Gasteiger partial charge in [0.25, 0.3) is 11.8 Å². The van der Waals surface area contributed by atoms with Gasteiger partial charge in [0.2, 0.25) is 5.91 Å². The molecule has 3 aliphatic rings. The van der Waals surface area contributed by atoms with Crippen molar-refractivity contribution in [1.29, 1.82) is 0 Å². The lowest BCUT2D eigenvalue weighted by atomic mass is 10.1. The zero-order valence-electron chi connectivity index (χ0n) is 15.7. The number of likely N-dealkylation sites (tertiary alicyclic amines) is 2. The fourth-order valence-electron chi connectivity index (χ4n) is 3.73. The second kappa shape index (κ2) is 8.34. The van der Waals surface area contributed by atoms with Crippen LogP contribution in [0.4, 0.5) is 5.69 Å². The number of aliphatic imine (C=N–C) groups is 1. The van der Waals surface area contributed by atoms with Gasteiger partial charge in [0.1, 0.15) is 5.25 Å². The average Bonchev–Trinajstić information content (AvgIpc) is 3.45. The number of carbonyl (C=O) groups excluding carboxylic acids is 3. The van der Waals surface area contributed by atoms with E-state index in [4.69, 9.17) is 0 Å². The topological polar surface area (TPSA) is 82.1 Å². The minimum absolute atomic E-state index is 0.0370. The van der Waals surface area contributed by atoms with Crippen LogP contribution in [0.5, 0.6) is 0 Å². The predicted molar refractivity (Wildman–Crippen MR) is 109 cm³/mol. The number of carbonyl (C=O) groups is 3. The van der Waals surface area contributed by atoms with Gasteiger partial charge in [-0.1, -0.05) is 11.8 Å². The number of hydrogen-bond acceptors (Lipinski definition) is 5. The molecule has 28 heavy (non-hydrogen) atoms. The first kappa shape index (κ1) is 19.0. The number of nitrogens with one attached hydrogen (secondary N) is 1. The summed E-state index contributed by atoms with van der Waals surface area (Å²) in [6, 6.07) is 6.94. The van der Waals surface area contributed by atoms with Crippen LogP contribution in [0.15, 0.2) is 29.3 Å². The molecule has 1 aromatic carbocycles. The lowest BCUT2D eigenvalue weighted by Gasteiger charge is -2.16. The molecule has 1 atom stereocenters. The Hall–Kier alpha value is -2.35. The number of benzene rings is 1. The molecule has 0 saturated carbocycles. The van der Waals surface area contributed by atoms with Gasteiger partial charge in [-0.15, -0.1) is 0 Å². The van der Waals surface area contributed by atoms with Gasteiger partial charge in [0, 0.05) is 43.9 Å². The molecule has 2 fully saturated rings. The van der Waals surface area contributed by atoms with E-state index in [1.54, 1.807) is 24.3 Å². The average molecular weight is 401 g/mol. The summed E-state index contributed by atoms with van der Waals surface area (Å²) in [4.78, 5) is 44.9. The SMILES string of the molecule is O=C(CC1SC(N2CCCC2)=NC1=O)Nc1ccc(C(=O)N2CCCC2)cc1. The van der Waals surface area contributed by atoms with E-state index in [1.807, 2.05) is 4.90 Å². The number of hydrogen-bond donors (Lipinski definition) is 1. The van der Waals surface area contributed by atoms with E-state index in [9.17, 15) is 14.4 Å². The van der Waals surface area contributed by atoms with Crippen molar-refractivity contribution < 1.29 is 14.4 Å². The summed E-state index contributed by atoms with van der Waals surface area (Å²) >= 11 is 1.39. The normalized spacial score (nSPS) is 21.9. The zero-order valence-corrected chi connectivity index (χ0v) is 16.5. The number of thioether (sulfide) groups is 1. The zero-order chi connectivity index (χ0) is 19.5. The van der Waals surface area contributed by atoms with Crippen LogP contribution in [-0.4, -0.2) is 64.1 Å². The molecule has 2 saturated heterocycles. The third kappa shape index (κ3) is 4.22. The molecule has 1 unspecified atom stereocenters. The molecule has 3 heterocycles. The predicted octanol–water partition coefficient (Wildman–Crippen LogP) is 2.35. The van der Waals surface area contributed by atoms with Crippen molar-refractivity contribution in [2.75, 3.05) is 31.5 Å². The first-order chi connectivity index (χ1) is 13.6. The monoisotopic (exact) mass is 400 g/mol. The Morgan fingerprint density at radius 3 is 2.36 bits per heavy atom. The summed E-state index contributed by atoms with van der Waals surface area (Å²) in [7, 11) is 0. The summed E-state index contributed by atoms with van der Waals surface area (Å²) in [5.41, 5.74) is 1.25. The molecule has 148 valence electrons. The van der Waals surface area contributed by atoms with Crippen LogP contribution in [0.3, 0.4) is 0 Å².